The summed E-state index contributed by atoms with van der Waals surface area (Å²) < 4.78 is 0. The van der Waals surface area contributed by atoms with E-state index in [9.17, 15) is 0 Å². The Morgan fingerprint density at radius 1 is 0.423 bits per heavy atom. The zero-order chi connectivity index (χ0) is 17.6. The molecule has 2 saturated heterocycles. The van der Waals surface area contributed by atoms with Gasteiger partial charge in [-0.2, -0.15) is 0 Å². The number of hydrogen-bond acceptors (Lipinski definition) is 2. The van der Waals surface area contributed by atoms with Gasteiger partial charge in [0.25, 0.3) is 0 Å². The molecule has 0 amide bonds. The van der Waals surface area contributed by atoms with Crippen molar-refractivity contribution in [2.75, 3.05) is 39.3 Å². The molecule has 4 aliphatic rings. The Morgan fingerprint density at radius 3 is 1.12 bits per heavy atom. The van der Waals surface area contributed by atoms with Gasteiger partial charge in [0.1, 0.15) is 0 Å². The molecule has 0 unspecified atom stereocenters. The highest BCUT2D eigenvalue weighted by molar-refractivity contribution is 4.84. The van der Waals surface area contributed by atoms with E-state index >= 15 is 0 Å². The van der Waals surface area contributed by atoms with Crippen LogP contribution in [0.15, 0.2) is 0 Å². The molecule has 2 nitrogen and oxygen atoms in total. The average molecular weight is 361 g/mol. The maximum Gasteiger partial charge on any atom is 0.000966 e. The van der Waals surface area contributed by atoms with Gasteiger partial charge in [-0.3, -0.25) is 0 Å². The second kappa shape index (κ2) is 9.92. The summed E-state index contributed by atoms with van der Waals surface area (Å²) >= 11 is 0. The topological polar surface area (TPSA) is 6.48 Å². The second-order valence-electron chi connectivity index (χ2n) is 10.3. The van der Waals surface area contributed by atoms with Gasteiger partial charge >= 0.3 is 0 Å². The van der Waals surface area contributed by atoms with Crippen molar-refractivity contribution in [3.05, 3.63) is 0 Å². The van der Waals surface area contributed by atoms with Crippen LogP contribution in [0, 0.1) is 23.7 Å². The molecule has 0 radical (unpaired) electrons. The van der Waals surface area contributed by atoms with Crippen LogP contribution in [0.25, 0.3) is 0 Å². The summed E-state index contributed by atoms with van der Waals surface area (Å²) in [6, 6.07) is 0. The zero-order valence-corrected chi connectivity index (χ0v) is 17.3. The minimum atomic E-state index is 1.03. The molecular weight excluding hydrogens is 316 g/mol. The Labute approximate surface area is 163 Å². The minimum absolute atomic E-state index is 1.03. The van der Waals surface area contributed by atoms with Crippen molar-refractivity contribution in [1.29, 1.82) is 0 Å². The lowest BCUT2D eigenvalue weighted by atomic mass is 9.78. The van der Waals surface area contributed by atoms with Crippen LogP contribution in [-0.4, -0.2) is 49.1 Å². The van der Waals surface area contributed by atoms with Crippen LogP contribution in [0.4, 0.5) is 0 Å². The predicted molar refractivity (Wildman–Crippen MR) is 111 cm³/mol. The largest absolute Gasteiger partial charge is 0.303 e. The predicted octanol–water partition coefficient (Wildman–Crippen LogP) is 5.57. The van der Waals surface area contributed by atoms with Crippen molar-refractivity contribution in [2.24, 2.45) is 23.7 Å². The first-order chi connectivity index (χ1) is 12.9. The Morgan fingerprint density at radius 2 is 0.769 bits per heavy atom. The van der Waals surface area contributed by atoms with Gasteiger partial charge in [0.05, 0.1) is 0 Å². The molecule has 0 N–H and O–H groups in total. The fourth-order valence-electron chi connectivity index (χ4n) is 6.68. The van der Waals surface area contributed by atoms with Crippen LogP contribution in [0.2, 0.25) is 0 Å². The van der Waals surface area contributed by atoms with Crippen molar-refractivity contribution in [2.45, 2.75) is 89.9 Å². The first-order valence-electron chi connectivity index (χ1n) is 12.3. The van der Waals surface area contributed by atoms with E-state index in [0.29, 0.717) is 0 Å². The molecule has 0 aromatic rings. The number of rotatable bonds is 5. The van der Waals surface area contributed by atoms with Crippen molar-refractivity contribution in [3.63, 3.8) is 0 Å². The zero-order valence-electron chi connectivity index (χ0n) is 17.3. The van der Waals surface area contributed by atoms with E-state index in [1.165, 1.54) is 129 Å². The molecule has 2 aliphatic heterocycles. The van der Waals surface area contributed by atoms with Crippen molar-refractivity contribution in [3.8, 4) is 0 Å². The standard InChI is InChI=1S/C24H44N2/c1-3-7-21(8-4-1)19-25-15-11-23(12-16-25)24-13-17-26(18-14-24)20-22-9-5-2-6-10-22/h21-24H,1-20H2. The third kappa shape index (κ3) is 5.47. The van der Waals surface area contributed by atoms with Crippen molar-refractivity contribution in [1.82, 2.24) is 9.80 Å². The lowest BCUT2D eigenvalue weighted by Crippen LogP contribution is -2.43. The molecule has 2 saturated carbocycles. The molecule has 0 aromatic carbocycles. The summed E-state index contributed by atoms with van der Waals surface area (Å²) in [4.78, 5) is 5.65. The van der Waals surface area contributed by atoms with Crippen LogP contribution in [-0.2, 0) is 0 Å². The normalized spacial score (nSPS) is 30.0. The Kier molecular flexibility index (Phi) is 7.34. The molecule has 4 rings (SSSR count). The van der Waals surface area contributed by atoms with Gasteiger partial charge in [0.2, 0.25) is 0 Å². The van der Waals surface area contributed by atoms with E-state index < -0.39 is 0 Å². The summed E-state index contributed by atoms with van der Waals surface area (Å²) in [5.74, 6) is 4.16. The van der Waals surface area contributed by atoms with Gasteiger partial charge in [-0.25, -0.2) is 0 Å². The average Bonchev–Trinajstić information content (AvgIpc) is 2.71. The van der Waals surface area contributed by atoms with Gasteiger partial charge in [0.15, 0.2) is 0 Å². The SMILES string of the molecule is C1CCC(CN2CCC(C3CCN(CC4CCCCC4)CC3)CC2)CC1. The maximum atomic E-state index is 2.82. The molecule has 2 heterocycles. The molecule has 2 aliphatic carbocycles. The van der Waals surface area contributed by atoms with E-state index in [1.807, 2.05) is 0 Å². The van der Waals surface area contributed by atoms with Gasteiger partial charge < -0.3 is 9.80 Å². The van der Waals surface area contributed by atoms with Gasteiger partial charge in [0, 0.05) is 13.1 Å². The lowest BCUT2D eigenvalue weighted by molar-refractivity contribution is 0.0776. The Hall–Kier alpha value is -0.0800. The van der Waals surface area contributed by atoms with Crippen LogP contribution in [0.3, 0.4) is 0 Å². The first-order valence-corrected chi connectivity index (χ1v) is 12.3. The van der Waals surface area contributed by atoms with Crippen LogP contribution in [0.5, 0.6) is 0 Å². The van der Waals surface area contributed by atoms with E-state index in [4.69, 9.17) is 0 Å². The van der Waals surface area contributed by atoms with E-state index in [-0.39, 0.29) is 0 Å². The molecule has 26 heavy (non-hydrogen) atoms. The van der Waals surface area contributed by atoms with Crippen LogP contribution < -0.4 is 0 Å². The molecule has 150 valence electrons. The summed E-state index contributed by atoms with van der Waals surface area (Å²) in [7, 11) is 0. The van der Waals surface area contributed by atoms with Crippen molar-refractivity contribution >= 4 is 0 Å². The smallest absolute Gasteiger partial charge is 0.000966 e. The molecule has 2 heteroatoms. The van der Waals surface area contributed by atoms with Crippen LogP contribution in [0.1, 0.15) is 89.9 Å². The Bertz CT molecular complexity index is 343. The first kappa shape index (κ1) is 19.2. The molecule has 4 fully saturated rings. The highest BCUT2D eigenvalue weighted by Crippen LogP contribution is 2.34. The molecule has 0 aromatic heterocycles. The summed E-state index contributed by atoms with van der Waals surface area (Å²) in [6.07, 6.45) is 21.1. The molecule has 0 atom stereocenters. The second-order valence-corrected chi connectivity index (χ2v) is 10.3. The monoisotopic (exact) mass is 360 g/mol. The maximum absolute atomic E-state index is 2.82. The third-order valence-electron chi connectivity index (χ3n) is 8.41. The summed E-state index contributed by atoms with van der Waals surface area (Å²) in [6.45, 7) is 8.47. The van der Waals surface area contributed by atoms with E-state index in [1.54, 1.807) is 0 Å². The fourth-order valence-corrected chi connectivity index (χ4v) is 6.68. The summed E-state index contributed by atoms with van der Waals surface area (Å²) in [5, 5.41) is 0. The number of piperidine rings is 2. The third-order valence-corrected chi connectivity index (χ3v) is 8.41. The van der Waals surface area contributed by atoms with Crippen LogP contribution >= 0.6 is 0 Å². The minimum Gasteiger partial charge on any atom is -0.303 e. The Balaban J connectivity index is 1.13. The molecule has 0 spiro atoms. The van der Waals surface area contributed by atoms with Gasteiger partial charge in [-0.05, 0) is 101 Å². The fraction of sp³-hybridized carbons (Fsp3) is 1.00. The quantitative estimate of drug-likeness (QED) is 0.632. The highest BCUT2D eigenvalue weighted by Gasteiger charge is 2.31. The van der Waals surface area contributed by atoms with E-state index in [2.05, 4.69) is 9.80 Å². The van der Waals surface area contributed by atoms with Crippen molar-refractivity contribution < 1.29 is 0 Å². The van der Waals surface area contributed by atoms with Gasteiger partial charge in [-0.15, -0.1) is 0 Å². The highest BCUT2D eigenvalue weighted by atomic mass is 15.1. The number of nitrogens with zero attached hydrogens (tertiary/aromatic N) is 2. The number of hydrogen-bond donors (Lipinski definition) is 0. The summed E-state index contributed by atoms with van der Waals surface area (Å²) in [5.41, 5.74) is 0. The van der Waals surface area contributed by atoms with Gasteiger partial charge in [-0.1, -0.05) is 38.5 Å². The number of likely N-dealkylation sites (tertiary alicyclic amines) is 2. The van der Waals surface area contributed by atoms with E-state index in [0.717, 1.165) is 23.7 Å². The lowest BCUT2D eigenvalue weighted by Gasteiger charge is -2.42. The molecular formula is C24H44N2. The molecule has 0 bridgehead atoms.